The van der Waals surface area contributed by atoms with Gasteiger partial charge in [-0.15, -0.1) is 0 Å². The second-order valence-corrected chi connectivity index (χ2v) is 7.49. The van der Waals surface area contributed by atoms with Crippen LogP contribution in [-0.2, 0) is 0 Å². The Kier molecular flexibility index (Phi) is 5.50. The molecule has 1 aromatic heterocycles. The van der Waals surface area contributed by atoms with Crippen molar-refractivity contribution in [3.05, 3.63) is 54.4 Å². The highest BCUT2D eigenvalue weighted by atomic mass is 16.2. The number of nitrogens with one attached hydrogen (secondary N) is 2. The van der Waals surface area contributed by atoms with E-state index in [0.717, 1.165) is 19.5 Å². The number of aromatic amines is 1. The van der Waals surface area contributed by atoms with Gasteiger partial charge in [0.2, 0.25) is 0 Å². The van der Waals surface area contributed by atoms with Crippen LogP contribution in [0.15, 0.2) is 48.7 Å². The number of para-hydroxylation sites is 1. The van der Waals surface area contributed by atoms with E-state index in [1.54, 1.807) is 17.2 Å². The van der Waals surface area contributed by atoms with Crippen LogP contribution in [0.3, 0.4) is 0 Å². The molecule has 1 aromatic carbocycles. The third-order valence-corrected chi connectivity index (χ3v) is 5.63. The maximum absolute atomic E-state index is 12.5. The van der Waals surface area contributed by atoms with Crippen LogP contribution < -0.4 is 10.2 Å². The SMILES string of the molecule is O=C(NC[C@H]1CCN(c2ccccc2)C1)N1CCN(C(=O)c2ccc[nH]2)CC1. The average Bonchev–Trinajstić information content (AvgIpc) is 3.44. The molecule has 7 nitrogen and oxygen atoms in total. The van der Waals surface area contributed by atoms with Crippen molar-refractivity contribution >= 4 is 17.6 Å². The number of hydrogen-bond acceptors (Lipinski definition) is 3. The Morgan fingerprint density at radius 2 is 1.71 bits per heavy atom. The molecule has 0 saturated carbocycles. The molecule has 2 aliphatic rings. The minimum atomic E-state index is -0.0230. The molecule has 0 aliphatic carbocycles. The Morgan fingerprint density at radius 1 is 0.964 bits per heavy atom. The summed E-state index contributed by atoms with van der Waals surface area (Å²) in [6.45, 7) is 4.97. The quantitative estimate of drug-likeness (QED) is 0.851. The fourth-order valence-electron chi connectivity index (χ4n) is 3.96. The van der Waals surface area contributed by atoms with Gasteiger partial charge in [-0.3, -0.25) is 4.79 Å². The van der Waals surface area contributed by atoms with Crippen LogP contribution in [0.1, 0.15) is 16.9 Å². The van der Waals surface area contributed by atoms with E-state index in [0.29, 0.717) is 44.3 Å². The van der Waals surface area contributed by atoms with Gasteiger partial charge in [0.25, 0.3) is 5.91 Å². The van der Waals surface area contributed by atoms with E-state index in [-0.39, 0.29) is 11.9 Å². The molecular formula is C21H27N5O2. The summed E-state index contributed by atoms with van der Waals surface area (Å²) in [6, 6.07) is 14.0. The van der Waals surface area contributed by atoms with Crippen molar-refractivity contribution in [3.8, 4) is 0 Å². The normalized spacial score (nSPS) is 19.7. The highest BCUT2D eigenvalue weighted by Gasteiger charge is 2.27. The van der Waals surface area contributed by atoms with Gasteiger partial charge in [-0.1, -0.05) is 18.2 Å². The summed E-state index contributed by atoms with van der Waals surface area (Å²) in [5.41, 5.74) is 1.85. The van der Waals surface area contributed by atoms with E-state index in [4.69, 9.17) is 0 Å². The number of aromatic nitrogens is 1. The molecule has 7 heteroatoms. The zero-order valence-corrected chi connectivity index (χ0v) is 16.0. The molecule has 28 heavy (non-hydrogen) atoms. The van der Waals surface area contributed by atoms with Gasteiger partial charge in [-0.2, -0.15) is 0 Å². The van der Waals surface area contributed by atoms with Gasteiger partial charge >= 0.3 is 6.03 Å². The van der Waals surface area contributed by atoms with Crippen LogP contribution in [0.25, 0.3) is 0 Å². The molecular weight excluding hydrogens is 354 g/mol. The molecule has 0 unspecified atom stereocenters. The summed E-state index contributed by atoms with van der Waals surface area (Å²) < 4.78 is 0. The molecule has 2 aromatic rings. The van der Waals surface area contributed by atoms with Gasteiger partial charge in [-0.25, -0.2) is 4.79 Å². The molecule has 2 saturated heterocycles. The van der Waals surface area contributed by atoms with Crippen molar-refractivity contribution in [1.29, 1.82) is 0 Å². The number of nitrogens with zero attached hydrogens (tertiary/aromatic N) is 3. The highest BCUT2D eigenvalue weighted by molar-refractivity contribution is 5.92. The van der Waals surface area contributed by atoms with Gasteiger partial charge in [0.1, 0.15) is 5.69 Å². The fourth-order valence-corrected chi connectivity index (χ4v) is 3.96. The molecule has 4 rings (SSSR count). The van der Waals surface area contributed by atoms with Crippen LogP contribution >= 0.6 is 0 Å². The second kappa shape index (κ2) is 8.37. The Balaban J connectivity index is 1.20. The van der Waals surface area contributed by atoms with Crippen molar-refractivity contribution in [2.75, 3.05) is 50.7 Å². The van der Waals surface area contributed by atoms with Crippen molar-refractivity contribution < 1.29 is 9.59 Å². The van der Waals surface area contributed by atoms with Gasteiger partial charge in [0.05, 0.1) is 0 Å². The molecule has 2 fully saturated rings. The van der Waals surface area contributed by atoms with Crippen LogP contribution in [0, 0.1) is 5.92 Å². The largest absolute Gasteiger partial charge is 0.371 e. The number of hydrogen-bond donors (Lipinski definition) is 2. The number of amides is 3. The predicted molar refractivity (Wildman–Crippen MR) is 108 cm³/mol. The van der Waals surface area contributed by atoms with Crippen molar-refractivity contribution in [3.63, 3.8) is 0 Å². The molecule has 0 bridgehead atoms. The first-order valence-electron chi connectivity index (χ1n) is 9.96. The van der Waals surface area contributed by atoms with E-state index >= 15 is 0 Å². The molecule has 2 N–H and O–H groups in total. The number of carbonyl (C=O) groups is 2. The lowest BCUT2D eigenvalue weighted by Crippen LogP contribution is -2.53. The molecule has 0 radical (unpaired) electrons. The molecule has 0 spiro atoms. The van der Waals surface area contributed by atoms with Crippen LogP contribution in [-0.4, -0.2) is 72.5 Å². The van der Waals surface area contributed by atoms with Crippen LogP contribution in [0.5, 0.6) is 0 Å². The monoisotopic (exact) mass is 381 g/mol. The van der Waals surface area contributed by atoms with Crippen LogP contribution in [0.4, 0.5) is 10.5 Å². The number of anilines is 1. The Labute approximate surface area is 165 Å². The summed E-state index contributed by atoms with van der Waals surface area (Å²) in [7, 11) is 0. The van der Waals surface area contributed by atoms with Crippen molar-refractivity contribution in [2.24, 2.45) is 5.92 Å². The summed E-state index contributed by atoms with van der Waals surface area (Å²) >= 11 is 0. The lowest BCUT2D eigenvalue weighted by atomic mass is 10.1. The Bertz CT molecular complexity index is 784. The number of rotatable bonds is 4. The van der Waals surface area contributed by atoms with E-state index in [1.807, 2.05) is 17.0 Å². The van der Waals surface area contributed by atoms with E-state index in [1.165, 1.54) is 5.69 Å². The van der Waals surface area contributed by atoms with E-state index in [9.17, 15) is 9.59 Å². The molecule has 3 amide bonds. The van der Waals surface area contributed by atoms with Gasteiger partial charge in [-0.05, 0) is 36.6 Å². The molecule has 3 heterocycles. The lowest BCUT2D eigenvalue weighted by molar-refractivity contribution is 0.0659. The maximum Gasteiger partial charge on any atom is 0.317 e. The molecule has 1 atom stereocenters. The first-order valence-corrected chi connectivity index (χ1v) is 9.96. The van der Waals surface area contributed by atoms with Crippen molar-refractivity contribution in [2.45, 2.75) is 6.42 Å². The summed E-state index contributed by atoms with van der Waals surface area (Å²) in [5.74, 6) is 0.469. The first kappa shape index (κ1) is 18.4. The summed E-state index contributed by atoms with van der Waals surface area (Å²) in [5, 5.41) is 3.09. The highest BCUT2D eigenvalue weighted by Crippen LogP contribution is 2.23. The maximum atomic E-state index is 12.5. The minimum absolute atomic E-state index is 0.00276. The summed E-state index contributed by atoms with van der Waals surface area (Å²) in [6.07, 6.45) is 2.84. The zero-order chi connectivity index (χ0) is 19.3. The third kappa shape index (κ3) is 4.13. The van der Waals surface area contributed by atoms with E-state index in [2.05, 4.69) is 39.5 Å². The molecule has 2 aliphatic heterocycles. The summed E-state index contributed by atoms with van der Waals surface area (Å²) in [4.78, 5) is 33.8. The predicted octanol–water partition coefficient (Wildman–Crippen LogP) is 2.01. The van der Waals surface area contributed by atoms with Gasteiger partial charge in [0.15, 0.2) is 0 Å². The first-order chi connectivity index (χ1) is 13.7. The van der Waals surface area contributed by atoms with Gasteiger partial charge in [0, 0.05) is 57.7 Å². The minimum Gasteiger partial charge on any atom is -0.371 e. The smallest absolute Gasteiger partial charge is 0.317 e. The topological polar surface area (TPSA) is 71.7 Å². The number of benzene rings is 1. The third-order valence-electron chi connectivity index (χ3n) is 5.63. The van der Waals surface area contributed by atoms with E-state index < -0.39 is 0 Å². The lowest BCUT2D eigenvalue weighted by Gasteiger charge is -2.34. The zero-order valence-electron chi connectivity index (χ0n) is 16.0. The Morgan fingerprint density at radius 3 is 2.43 bits per heavy atom. The number of piperazine rings is 1. The Hall–Kier alpha value is -2.96. The number of carbonyl (C=O) groups excluding carboxylic acids is 2. The van der Waals surface area contributed by atoms with Crippen molar-refractivity contribution in [1.82, 2.24) is 20.1 Å². The molecule has 148 valence electrons. The standard InChI is InChI=1S/C21H27N5O2/c27-20(19-7-4-9-22-19)24-11-13-25(14-12-24)21(28)23-15-17-8-10-26(16-17)18-5-2-1-3-6-18/h1-7,9,17,22H,8,10-16H2,(H,23,28)/t17-/m1/s1. The average molecular weight is 381 g/mol. The second-order valence-electron chi connectivity index (χ2n) is 7.49. The van der Waals surface area contributed by atoms with Crippen LogP contribution in [0.2, 0.25) is 0 Å². The number of H-pyrrole nitrogens is 1. The number of urea groups is 1. The fraction of sp³-hybridized carbons (Fsp3) is 0.429. The van der Waals surface area contributed by atoms with Gasteiger partial charge < -0.3 is 25.0 Å².